The van der Waals surface area contributed by atoms with E-state index < -0.39 is 0 Å². The van der Waals surface area contributed by atoms with Crippen molar-refractivity contribution in [2.45, 2.75) is 33.6 Å². The van der Waals surface area contributed by atoms with Crippen molar-refractivity contribution in [3.63, 3.8) is 0 Å². The van der Waals surface area contributed by atoms with Gasteiger partial charge >= 0.3 is 0 Å². The second kappa shape index (κ2) is 9.95. The summed E-state index contributed by atoms with van der Waals surface area (Å²) >= 11 is 0. The van der Waals surface area contributed by atoms with Gasteiger partial charge in [0.05, 0.1) is 11.9 Å². The van der Waals surface area contributed by atoms with Crippen molar-refractivity contribution in [1.82, 2.24) is 4.90 Å². The van der Waals surface area contributed by atoms with E-state index >= 15 is 0 Å². The summed E-state index contributed by atoms with van der Waals surface area (Å²) < 4.78 is 0. The fourth-order valence-electron chi connectivity index (χ4n) is 4.36. The van der Waals surface area contributed by atoms with E-state index in [1.165, 1.54) is 4.90 Å². The number of aromatic hydroxyl groups is 1. The molecule has 0 bridgehead atoms. The van der Waals surface area contributed by atoms with E-state index in [4.69, 9.17) is 0 Å². The Bertz CT molecular complexity index is 1240. The monoisotopic (exact) mass is 458 g/mol. The Hall–Kier alpha value is -3.87. The van der Waals surface area contributed by atoms with Gasteiger partial charge in [-0.05, 0) is 50.6 Å². The van der Waals surface area contributed by atoms with Crippen LogP contribution in [0, 0.1) is 0 Å². The molecular weight excluding hydrogens is 428 g/mol. The lowest BCUT2D eigenvalue weighted by atomic mass is 9.93. The van der Waals surface area contributed by atoms with E-state index in [0.29, 0.717) is 34.3 Å². The van der Waals surface area contributed by atoms with Crippen LogP contribution >= 0.6 is 0 Å². The molecule has 3 aromatic carbocycles. The third kappa shape index (κ3) is 4.21. The summed E-state index contributed by atoms with van der Waals surface area (Å²) in [4.78, 5) is 29.5. The highest BCUT2D eigenvalue weighted by atomic mass is 16.3. The number of amides is 2. The molecule has 1 aliphatic rings. The van der Waals surface area contributed by atoms with Gasteiger partial charge in [-0.25, -0.2) is 0 Å². The fourth-order valence-corrected chi connectivity index (χ4v) is 4.36. The predicted octanol–water partition coefficient (Wildman–Crippen LogP) is 5.23. The van der Waals surface area contributed by atoms with Gasteiger partial charge in [0.1, 0.15) is 5.75 Å². The molecule has 0 unspecified atom stereocenters. The number of imide groups is 1. The van der Waals surface area contributed by atoms with E-state index in [1.807, 2.05) is 31.2 Å². The van der Waals surface area contributed by atoms with E-state index in [0.717, 1.165) is 37.0 Å². The number of carbonyl (C=O) groups excluding carboxylic acids is 2. The molecule has 34 heavy (non-hydrogen) atoms. The van der Waals surface area contributed by atoms with Crippen LogP contribution in [0.1, 0.15) is 59.9 Å². The summed E-state index contributed by atoms with van der Waals surface area (Å²) in [5.41, 5.74) is 6.29. The minimum atomic E-state index is -0.254. The van der Waals surface area contributed by atoms with Crippen molar-refractivity contribution in [3.05, 3.63) is 65.2 Å². The summed E-state index contributed by atoms with van der Waals surface area (Å²) in [6, 6.07) is 14.5. The second-order valence-electron chi connectivity index (χ2n) is 8.29. The lowest BCUT2D eigenvalue weighted by Crippen LogP contribution is -2.40. The molecule has 0 aliphatic carbocycles. The number of hydrazone groups is 1. The molecule has 0 aromatic heterocycles. The molecule has 7 heteroatoms. The lowest BCUT2D eigenvalue weighted by molar-refractivity contribution is 0.0608. The highest BCUT2D eigenvalue weighted by Gasteiger charge is 2.32. The minimum Gasteiger partial charge on any atom is -0.507 e. The molecule has 0 saturated heterocycles. The predicted molar refractivity (Wildman–Crippen MR) is 137 cm³/mol. The number of nitrogens with zero attached hydrogens (tertiary/aromatic N) is 3. The molecule has 7 nitrogen and oxygen atoms in total. The normalized spacial score (nSPS) is 13.2. The van der Waals surface area contributed by atoms with Gasteiger partial charge in [-0.15, -0.1) is 0 Å². The van der Waals surface area contributed by atoms with Crippen molar-refractivity contribution in [3.8, 4) is 5.75 Å². The summed E-state index contributed by atoms with van der Waals surface area (Å²) in [5, 5.41) is 16.1. The first-order valence-corrected chi connectivity index (χ1v) is 11.8. The van der Waals surface area contributed by atoms with Crippen LogP contribution in [0.4, 0.5) is 11.4 Å². The number of hydrogen-bond acceptors (Lipinski definition) is 6. The van der Waals surface area contributed by atoms with Crippen LogP contribution in [0.3, 0.4) is 0 Å². The van der Waals surface area contributed by atoms with E-state index in [1.54, 1.807) is 30.5 Å². The largest absolute Gasteiger partial charge is 0.507 e. The lowest BCUT2D eigenvalue weighted by Gasteiger charge is -2.27. The Balaban J connectivity index is 1.61. The van der Waals surface area contributed by atoms with Crippen LogP contribution in [-0.2, 0) is 0 Å². The SMILES string of the molecule is CCCCN1C(=O)c2cccc3c(N/N=C/c4ccc(N(CC)CC)cc4O)ccc(c23)C1=O. The number of unbranched alkanes of at least 4 members (excludes halogenated alkanes) is 1. The summed E-state index contributed by atoms with van der Waals surface area (Å²) in [5.74, 6) is -0.360. The molecule has 0 saturated carbocycles. The average Bonchev–Trinajstić information content (AvgIpc) is 2.85. The molecule has 1 heterocycles. The zero-order valence-corrected chi connectivity index (χ0v) is 19.8. The highest BCUT2D eigenvalue weighted by Crippen LogP contribution is 2.34. The first-order chi connectivity index (χ1) is 16.5. The Morgan fingerprint density at radius 2 is 1.74 bits per heavy atom. The van der Waals surface area contributed by atoms with Gasteiger partial charge in [0.25, 0.3) is 11.8 Å². The number of rotatable bonds is 9. The quantitative estimate of drug-likeness (QED) is 0.260. The maximum absolute atomic E-state index is 13.0. The van der Waals surface area contributed by atoms with Gasteiger partial charge < -0.3 is 10.0 Å². The van der Waals surface area contributed by atoms with Crippen molar-refractivity contribution in [2.24, 2.45) is 5.10 Å². The second-order valence-corrected chi connectivity index (χ2v) is 8.29. The molecule has 0 fully saturated rings. The third-order valence-corrected chi connectivity index (χ3v) is 6.26. The summed E-state index contributed by atoms with van der Waals surface area (Å²) in [6.45, 7) is 8.32. The molecule has 0 radical (unpaired) electrons. The third-order valence-electron chi connectivity index (χ3n) is 6.26. The Morgan fingerprint density at radius 3 is 2.41 bits per heavy atom. The molecular formula is C27H30N4O3. The van der Waals surface area contributed by atoms with Crippen molar-refractivity contribution in [2.75, 3.05) is 30.0 Å². The number of hydrogen-bond donors (Lipinski definition) is 2. The van der Waals surface area contributed by atoms with Gasteiger partial charge in [0.2, 0.25) is 0 Å². The van der Waals surface area contributed by atoms with Crippen molar-refractivity contribution in [1.29, 1.82) is 0 Å². The van der Waals surface area contributed by atoms with Crippen LogP contribution < -0.4 is 10.3 Å². The Kier molecular flexibility index (Phi) is 6.82. The van der Waals surface area contributed by atoms with Crippen LogP contribution in [0.5, 0.6) is 5.75 Å². The molecule has 1 aliphatic heterocycles. The van der Waals surface area contributed by atoms with Gasteiger partial charge in [-0.1, -0.05) is 25.5 Å². The van der Waals surface area contributed by atoms with E-state index in [9.17, 15) is 14.7 Å². The summed E-state index contributed by atoms with van der Waals surface area (Å²) in [6.07, 6.45) is 3.24. The Morgan fingerprint density at radius 1 is 1.00 bits per heavy atom. The molecule has 176 valence electrons. The van der Waals surface area contributed by atoms with Gasteiger partial charge in [-0.3, -0.25) is 19.9 Å². The van der Waals surface area contributed by atoms with E-state index in [2.05, 4.69) is 29.3 Å². The number of phenolic OH excluding ortho intramolecular Hbond substituents is 1. The molecule has 3 aromatic rings. The first-order valence-electron chi connectivity index (χ1n) is 11.8. The van der Waals surface area contributed by atoms with E-state index in [-0.39, 0.29) is 17.6 Å². The van der Waals surface area contributed by atoms with Crippen LogP contribution in [0.2, 0.25) is 0 Å². The first kappa shape index (κ1) is 23.3. The van der Waals surface area contributed by atoms with Crippen LogP contribution in [0.15, 0.2) is 53.6 Å². The molecule has 0 spiro atoms. The zero-order valence-electron chi connectivity index (χ0n) is 19.8. The Labute approximate surface area is 199 Å². The maximum atomic E-state index is 13.0. The molecule has 4 rings (SSSR count). The topological polar surface area (TPSA) is 85.2 Å². The standard InChI is InChI=1S/C27H30N4O3/c1-4-7-15-31-26(33)21-10-8-9-20-23(14-13-22(25(20)21)27(31)34)29-28-17-18-11-12-19(16-24(18)32)30(5-2)6-3/h8-14,16-17,29,32H,4-7,15H2,1-3H3/b28-17+. The molecule has 0 atom stereocenters. The van der Waals surface area contributed by atoms with Gasteiger partial charge in [0, 0.05) is 58.9 Å². The van der Waals surface area contributed by atoms with Crippen molar-refractivity contribution < 1.29 is 14.7 Å². The number of phenols is 1. The number of anilines is 2. The summed E-state index contributed by atoms with van der Waals surface area (Å²) in [7, 11) is 0. The zero-order chi connectivity index (χ0) is 24.2. The molecule has 2 N–H and O–H groups in total. The minimum absolute atomic E-state index is 0.148. The highest BCUT2D eigenvalue weighted by molar-refractivity contribution is 6.26. The van der Waals surface area contributed by atoms with Crippen LogP contribution in [0.25, 0.3) is 10.8 Å². The number of nitrogens with one attached hydrogen (secondary N) is 1. The van der Waals surface area contributed by atoms with Crippen molar-refractivity contribution >= 4 is 40.2 Å². The van der Waals surface area contributed by atoms with Gasteiger partial charge in [0.15, 0.2) is 0 Å². The average molecular weight is 459 g/mol. The molecule has 2 amide bonds. The van der Waals surface area contributed by atoms with Crippen LogP contribution in [-0.4, -0.2) is 47.7 Å². The number of carbonyl (C=O) groups is 2. The maximum Gasteiger partial charge on any atom is 0.261 e. The number of benzene rings is 3. The fraction of sp³-hybridized carbons (Fsp3) is 0.296. The smallest absolute Gasteiger partial charge is 0.261 e. The van der Waals surface area contributed by atoms with Gasteiger partial charge in [-0.2, -0.15) is 5.10 Å².